The number of β-amino-alcohol motifs (C(OH)–C–C–N with tert-alkyl or cyclic N) is 1. The van der Waals surface area contributed by atoms with Gasteiger partial charge in [-0.3, -0.25) is 30.1 Å². The van der Waals surface area contributed by atoms with E-state index < -0.39 is 29.9 Å². The number of likely N-dealkylation sites (tertiary alicyclic amines) is 1. The highest BCUT2D eigenvalue weighted by Gasteiger charge is 2.36. The molecule has 9 heteroatoms. The second-order valence-corrected chi connectivity index (χ2v) is 5.60. The topological polar surface area (TPSA) is 119 Å². The molecule has 2 atom stereocenters. The summed E-state index contributed by atoms with van der Waals surface area (Å²) in [4.78, 5) is 36.1. The van der Waals surface area contributed by atoms with E-state index in [0.717, 1.165) is 0 Å². The molecule has 2 heterocycles. The summed E-state index contributed by atoms with van der Waals surface area (Å²) in [5.74, 6) is -2.06. The summed E-state index contributed by atoms with van der Waals surface area (Å²) in [5.41, 5.74) is 4.47. The van der Waals surface area contributed by atoms with Crippen LogP contribution in [0.2, 0.25) is 0 Å². The molecule has 4 N–H and O–H groups in total. The van der Waals surface area contributed by atoms with Gasteiger partial charge in [0.25, 0.3) is 11.8 Å². The van der Waals surface area contributed by atoms with Crippen LogP contribution in [0.4, 0.5) is 0 Å². The summed E-state index contributed by atoms with van der Waals surface area (Å²) >= 11 is 1.24. The molecule has 0 aliphatic carbocycles. The second kappa shape index (κ2) is 6.66. The molecule has 2 rings (SSSR count). The van der Waals surface area contributed by atoms with Crippen LogP contribution < -0.4 is 10.9 Å². The summed E-state index contributed by atoms with van der Waals surface area (Å²) < 4.78 is 0. The molecule has 21 heavy (non-hydrogen) atoms. The predicted molar refractivity (Wildman–Crippen MR) is 73.5 cm³/mol. The lowest BCUT2D eigenvalue weighted by Gasteiger charge is -2.19. The second-order valence-electron chi connectivity index (χ2n) is 4.65. The standard InChI is InChI=1S/C12H15N3O5S/c16-7-4-8(12(19)20)15(5-7)6-10(17)13-14-11(18)9-2-1-3-21-9/h1-3,7-8,16H,4-6H2,(H,13,17)(H,14,18)(H,19,20). The van der Waals surface area contributed by atoms with Crippen LogP contribution in [0.15, 0.2) is 17.5 Å². The van der Waals surface area contributed by atoms with Crippen molar-refractivity contribution in [3.8, 4) is 0 Å². The Balaban J connectivity index is 1.81. The number of thiophene rings is 1. The summed E-state index contributed by atoms with van der Waals surface area (Å²) in [6, 6.07) is 2.44. The summed E-state index contributed by atoms with van der Waals surface area (Å²) in [6.45, 7) is -0.0952. The fourth-order valence-corrected chi connectivity index (χ4v) is 2.75. The van der Waals surface area contributed by atoms with Gasteiger partial charge in [-0.05, 0) is 11.4 Å². The van der Waals surface area contributed by atoms with Crippen molar-refractivity contribution in [1.82, 2.24) is 15.8 Å². The number of carbonyl (C=O) groups excluding carboxylic acids is 2. The molecule has 1 aromatic rings. The maximum absolute atomic E-state index is 11.7. The van der Waals surface area contributed by atoms with Gasteiger partial charge in [0.2, 0.25) is 0 Å². The number of aliphatic hydroxyl groups is 1. The van der Waals surface area contributed by atoms with E-state index in [1.807, 2.05) is 0 Å². The number of aliphatic carboxylic acids is 1. The molecule has 2 amide bonds. The number of nitrogens with one attached hydrogen (secondary N) is 2. The number of hydrazine groups is 1. The van der Waals surface area contributed by atoms with Crippen LogP contribution in [0.3, 0.4) is 0 Å². The van der Waals surface area contributed by atoms with Crippen LogP contribution in [0, 0.1) is 0 Å². The smallest absolute Gasteiger partial charge is 0.321 e. The number of carboxylic acids is 1. The number of hydrogen-bond donors (Lipinski definition) is 4. The van der Waals surface area contributed by atoms with Gasteiger partial charge in [0, 0.05) is 13.0 Å². The zero-order valence-corrected chi connectivity index (χ0v) is 11.8. The van der Waals surface area contributed by atoms with Gasteiger partial charge in [-0.25, -0.2) is 0 Å². The Kier molecular flexibility index (Phi) is 4.89. The average molecular weight is 313 g/mol. The highest BCUT2D eigenvalue weighted by Crippen LogP contribution is 2.17. The maximum atomic E-state index is 11.7. The fourth-order valence-electron chi connectivity index (χ4n) is 2.13. The summed E-state index contributed by atoms with van der Waals surface area (Å²) in [6.07, 6.45) is -0.677. The molecule has 0 radical (unpaired) electrons. The molecule has 2 unspecified atom stereocenters. The highest BCUT2D eigenvalue weighted by atomic mass is 32.1. The number of aliphatic hydroxyl groups excluding tert-OH is 1. The van der Waals surface area contributed by atoms with Gasteiger partial charge in [-0.15, -0.1) is 11.3 Å². The Morgan fingerprint density at radius 3 is 2.76 bits per heavy atom. The molecule has 0 saturated carbocycles. The Bertz CT molecular complexity index is 533. The van der Waals surface area contributed by atoms with Crippen molar-refractivity contribution < 1.29 is 24.6 Å². The predicted octanol–water partition coefficient (Wildman–Crippen LogP) is -0.971. The Hall–Kier alpha value is -1.97. The number of nitrogens with zero attached hydrogens (tertiary/aromatic N) is 1. The first-order valence-corrected chi connectivity index (χ1v) is 7.13. The normalized spacial score (nSPS) is 22.0. The first-order chi connectivity index (χ1) is 9.97. The number of rotatable bonds is 4. The highest BCUT2D eigenvalue weighted by molar-refractivity contribution is 7.12. The van der Waals surface area contributed by atoms with Gasteiger partial charge in [-0.1, -0.05) is 6.07 Å². The average Bonchev–Trinajstić information content (AvgIpc) is 3.05. The molecule has 1 aromatic heterocycles. The van der Waals surface area contributed by atoms with Gasteiger partial charge in [0.1, 0.15) is 6.04 Å². The van der Waals surface area contributed by atoms with Crippen molar-refractivity contribution in [1.29, 1.82) is 0 Å². The molecule has 1 aliphatic heterocycles. The third-order valence-corrected chi connectivity index (χ3v) is 3.94. The van der Waals surface area contributed by atoms with Crippen molar-refractivity contribution in [2.45, 2.75) is 18.6 Å². The van der Waals surface area contributed by atoms with E-state index in [-0.39, 0.29) is 19.5 Å². The van der Waals surface area contributed by atoms with Crippen LogP contribution in [-0.2, 0) is 9.59 Å². The minimum absolute atomic E-state index is 0.0875. The van der Waals surface area contributed by atoms with Crippen molar-refractivity contribution >= 4 is 29.1 Å². The Labute approximate surface area is 124 Å². The van der Waals surface area contributed by atoms with Crippen molar-refractivity contribution in [2.24, 2.45) is 0 Å². The van der Waals surface area contributed by atoms with Crippen molar-refractivity contribution in [3.63, 3.8) is 0 Å². The molecule has 1 saturated heterocycles. The van der Waals surface area contributed by atoms with Crippen LogP contribution in [0.1, 0.15) is 16.1 Å². The molecular weight excluding hydrogens is 298 g/mol. The van der Waals surface area contributed by atoms with E-state index in [0.29, 0.717) is 4.88 Å². The molecule has 0 aromatic carbocycles. The van der Waals surface area contributed by atoms with Crippen LogP contribution >= 0.6 is 11.3 Å². The van der Waals surface area contributed by atoms with Crippen LogP contribution in [0.5, 0.6) is 0 Å². The molecule has 1 aliphatic rings. The largest absolute Gasteiger partial charge is 0.480 e. The Morgan fingerprint density at radius 2 is 2.14 bits per heavy atom. The van der Waals surface area contributed by atoms with E-state index >= 15 is 0 Å². The zero-order valence-electron chi connectivity index (χ0n) is 11.0. The lowest BCUT2D eigenvalue weighted by atomic mass is 10.2. The van der Waals surface area contributed by atoms with Gasteiger partial charge in [0.15, 0.2) is 0 Å². The zero-order chi connectivity index (χ0) is 15.4. The quantitative estimate of drug-likeness (QED) is 0.531. The number of carboxylic acid groups (broad SMARTS) is 1. The molecule has 0 spiro atoms. The first kappa shape index (κ1) is 15.4. The van der Waals surface area contributed by atoms with E-state index in [1.54, 1.807) is 17.5 Å². The first-order valence-electron chi connectivity index (χ1n) is 6.25. The van der Waals surface area contributed by atoms with Crippen LogP contribution in [0.25, 0.3) is 0 Å². The molecule has 114 valence electrons. The van der Waals surface area contributed by atoms with E-state index in [2.05, 4.69) is 10.9 Å². The van der Waals surface area contributed by atoms with Gasteiger partial charge < -0.3 is 10.2 Å². The van der Waals surface area contributed by atoms with E-state index in [4.69, 9.17) is 5.11 Å². The van der Waals surface area contributed by atoms with Gasteiger partial charge >= 0.3 is 5.97 Å². The van der Waals surface area contributed by atoms with Gasteiger partial charge in [0.05, 0.1) is 17.5 Å². The molecule has 0 bridgehead atoms. The minimum Gasteiger partial charge on any atom is -0.480 e. The molecule has 8 nitrogen and oxygen atoms in total. The summed E-state index contributed by atoms with van der Waals surface area (Å²) in [5, 5.41) is 20.2. The fraction of sp³-hybridized carbons (Fsp3) is 0.417. The van der Waals surface area contributed by atoms with Crippen LogP contribution in [-0.4, -0.2) is 58.1 Å². The molecular formula is C12H15N3O5S. The van der Waals surface area contributed by atoms with E-state index in [9.17, 15) is 19.5 Å². The third kappa shape index (κ3) is 4.00. The third-order valence-electron chi connectivity index (χ3n) is 3.07. The van der Waals surface area contributed by atoms with Crippen molar-refractivity contribution in [3.05, 3.63) is 22.4 Å². The monoisotopic (exact) mass is 313 g/mol. The van der Waals surface area contributed by atoms with Crippen molar-refractivity contribution in [2.75, 3.05) is 13.1 Å². The molecule has 1 fully saturated rings. The van der Waals surface area contributed by atoms with E-state index in [1.165, 1.54) is 16.2 Å². The maximum Gasteiger partial charge on any atom is 0.321 e. The minimum atomic E-state index is -1.08. The lowest BCUT2D eigenvalue weighted by molar-refractivity contribution is -0.142. The summed E-state index contributed by atoms with van der Waals surface area (Å²) in [7, 11) is 0. The number of amides is 2. The lowest BCUT2D eigenvalue weighted by Crippen LogP contribution is -2.48. The Morgan fingerprint density at radius 1 is 1.38 bits per heavy atom. The van der Waals surface area contributed by atoms with Gasteiger partial charge in [-0.2, -0.15) is 0 Å². The number of carbonyl (C=O) groups is 3. The number of hydrogen-bond acceptors (Lipinski definition) is 6. The SMILES string of the molecule is O=C(CN1CC(O)CC1C(=O)O)NNC(=O)c1cccs1.